The van der Waals surface area contributed by atoms with Gasteiger partial charge in [-0.05, 0) is 109 Å². The number of carbonyl (C=O) groups excluding carboxylic acids is 4. The van der Waals surface area contributed by atoms with Gasteiger partial charge in [0.1, 0.15) is 0 Å². The van der Waals surface area contributed by atoms with E-state index in [0.717, 1.165) is 46.2 Å². The van der Waals surface area contributed by atoms with Gasteiger partial charge in [0.25, 0.3) is 0 Å². The predicted molar refractivity (Wildman–Crippen MR) is 205 cm³/mol. The maximum absolute atomic E-state index is 14.5. The van der Waals surface area contributed by atoms with E-state index in [9.17, 15) is 58.8 Å². The van der Waals surface area contributed by atoms with E-state index in [1.807, 2.05) is 0 Å². The smallest absolute Gasteiger partial charge is 0.335 e. The van der Waals surface area contributed by atoms with Crippen LogP contribution in [0.25, 0.3) is 0 Å². The van der Waals surface area contributed by atoms with Crippen LogP contribution in [0.2, 0.25) is 0 Å². The molecule has 0 spiro atoms. The van der Waals surface area contributed by atoms with Crippen LogP contribution in [0.5, 0.6) is 0 Å². The molecule has 9 rings (SSSR count). The third-order valence-corrected chi connectivity index (χ3v) is 16.4. The Kier molecular flexibility index (Phi) is 9.23. The lowest BCUT2D eigenvalue weighted by Gasteiger charge is -2.70. The highest BCUT2D eigenvalue weighted by Crippen LogP contribution is 2.71. The Balaban J connectivity index is 1.10. The number of halogens is 4. The first-order valence-corrected chi connectivity index (χ1v) is 20.7. The average molecular weight is 877 g/mol. The summed E-state index contributed by atoms with van der Waals surface area (Å²) in [7, 11) is 0. The average Bonchev–Trinajstić information content (AvgIpc) is 3.16. The van der Waals surface area contributed by atoms with E-state index in [4.69, 9.17) is 46.4 Å². The van der Waals surface area contributed by atoms with Gasteiger partial charge in [-0.15, -0.1) is 46.4 Å². The van der Waals surface area contributed by atoms with Gasteiger partial charge in [0, 0.05) is 45.2 Å². The topological polar surface area (TPSA) is 224 Å². The summed E-state index contributed by atoms with van der Waals surface area (Å²) in [5.74, 6) is -15.0. The van der Waals surface area contributed by atoms with Crippen molar-refractivity contribution in [3.05, 3.63) is 58.7 Å². The van der Waals surface area contributed by atoms with Gasteiger partial charge in [-0.3, -0.25) is 29.0 Å². The highest BCUT2D eigenvalue weighted by atomic mass is 35.5. The highest BCUT2D eigenvalue weighted by molar-refractivity contribution is 6.26. The van der Waals surface area contributed by atoms with Crippen LogP contribution in [0.1, 0.15) is 67.1 Å². The van der Waals surface area contributed by atoms with Gasteiger partial charge < -0.3 is 20.4 Å². The van der Waals surface area contributed by atoms with Crippen LogP contribution in [-0.4, -0.2) is 89.4 Å². The Morgan fingerprint density at radius 2 is 0.621 bits per heavy atom. The molecule has 4 amide bonds. The molecule has 2 aromatic carbocycles. The molecule has 0 radical (unpaired) electrons. The lowest BCUT2D eigenvalue weighted by atomic mass is 9.37. The van der Waals surface area contributed by atoms with Crippen LogP contribution in [0, 0.1) is 71.0 Å². The van der Waals surface area contributed by atoms with Gasteiger partial charge in [-0.25, -0.2) is 19.2 Å². The fourth-order valence-electron chi connectivity index (χ4n) is 12.8. The van der Waals surface area contributed by atoms with Gasteiger partial charge >= 0.3 is 23.9 Å². The van der Waals surface area contributed by atoms with Crippen molar-refractivity contribution in [1.29, 1.82) is 0 Å². The van der Waals surface area contributed by atoms with E-state index in [0.29, 0.717) is 0 Å². The monoisotopic (exact) mass is 874 g/mol. The number of hydrogen-bond donors (Lipinski definition) is 4. The lowest BCUT2D eigenvalue weighted by Crippen LogP contribution is -2.73. The van der Waals surface area contributed by atoms with Crippen LogP contribution >= 0.6 is 46.4 Å². The van der Waals surface area contributed by atoms with Gasteiger partial charge in [-0.1, -0.05) is 0 Å². The van der Waals surface area contributed by atoms with Gasteiger partial charge in [0.2, 0.25) is 23.6 Å². The molecule has 58 heavy (non-hydrogen) atoms. The molecule has 4 N–H and O–H groups in total. The number of amides is 4. The summed E-state index contributed by atoms with van der Waals surface area (Å²) in [6.07, 6.45) is 0.474. The van der Waals surface area contributed by atoms with Crippen molar-refractivity contribution in [2.45, 2.75) is 47.2 Å². The molecule has 18 heteroatoms. The Morgan fingerprint density at radius 3 is 0.828 bits per heavy atom. The Bertz CT molecular complexity index is 1970. The first-order valence-electron chi connectivity index (χ1n) is 19.0. The number of benzene rings is 2. The minimum absolute atomic E-state index is 0.118. The third kappa shape index (κ3) is 5.50. The molecule has 304 valence electrons. The molecule has 0 bridgehead atoms. The largest absolute Gasteiger partial charge is 0.478 e. The second-order valence-electron chi connectivity index (χ2n) is 16.8. The molecule has 7 aliphatic rings. The molecule has 2 saturated heterocycles. The van der Waals surface area contributed by atoms with Gasteiger partial charge in [-0.2, -0.15) is 0 Å². The normalized spacial score (nSPS) is 39.7. The van der Waals surface area contributed by atoms with Crippen molar-refractivity contribution < 1.29 is 58.8 Å². The Morgan fingerprint density at radius 1 is 0.397 bits per heavy atom. The Hall–Kier alpha value is -4.24. The highest BCUT2D eigenvalue weighted by Gasteiger charge is 2.73. The molecular weight excluding hydrogens is 842 g/mol. The molecule has 14 nitrogen and oxygen atoms in total. The van der Waals surface area contributed by atoms with Crippen molar-refractivity contribution in [3.8, 4) is 0 Å². The number of alkyl halides is 4. The number of anilines is 2. The summed E-state index contributed by atoms with van der Waals surface area (Å²) in [6.45, 7) is 0. The molecular formula is C40H34Cl4N2O12. The van der Waals surface area contributed by atoms with E-state index in [1.165, 1.54) is 0 Å². The predicted octanol–water partition coefficient (Wildman–Crippen LogP) is 5.38. The Labute approximate surface area is 349 Å². The van der Waals surface area contributed by atoms with Crippen molar-refractivity contribution >= 4 is 105 Å². The van der Waals surface area contributed by atoms with Gasteiger partial charge in [0.05, 0.1) is 33.6 Å². The second kappa shape index (κ2) is 13.7. The summed E-state index contributed by atoms with van der Waals surface area (Å²) >= 11 is 29.5. The van der Waals surface area contributed by atoms with Crippen molar-refractivity contribution in [2.75, 3.05) is 9.80 Å². The summed E-state index contributed by atoms with van der Waals surface area (Å²) in [6, 6.07) is 6.27. The molecule has 12 unspecified atom stereocenters. The van der Waals surface area contributed by atoms with Crippen molar-refractivity contribution in [3.63, 3.8) is 0 Å². The number of aromatic carboxylic acids is 4. The maximum atomic E-state index is 14.5. The second-order valence-corrected chi connectivity index (χ2v) is 19.1. The molecule has 2 heterocycles. The van der Waals surface area contributed by atoms with Crippen LogP contribution in [0.4, 0.5) is 11.4 Å². The molecule has 0 aromatic heterocycles. The van der Waals surface area contributed by atoms with E-state index in [-0.39, 0.29) is 37.1 Å². The lowest BCUT2D eigenvalue weighted by molar-refractivity contribution is -0.192. The van der Waals surface area contributed by atoms with Crippen LogP contribution in [0.15, 0.2) is 36.4 Å². The molecule has 2 aliphatic heterocycles. The van der Waals surface area contributed by atoms with Crippen LogP contribution < -0.4 is 9.80 Å². The minimum atomic E-state index is -1.44. The third-order valence-electron chi connectivity index (χ3n) is 14.5. The molecule has 5 aliphatic carbocycles. The van der Waals surface area contributed by atoms with Crippen LogP contribution in [-0.2, 0) is 19.2 Å². The number of rotatable bonds is 6. The number of nitrogens with zero attached hydrogens (tertiary/aromatic N) is 2. The quantitative estimate of drug-likeness (QED) is 0.212. The standard InChI is InChI=1S/C40H34Cl4N2O12/c41-21-7-17-25-18(34(48)45(33(17)47)15-3-11(37(51)52)1-12(4-15)38(53)54)8-22(42)28-30-24(44)10-20-26-19(9-23(43)29(32(26)30)27(21)31(25)28)35(49)46(36(20)50)16-5-13(39(55)56)2-14(6-16)40(57)58/h1-6,17-32H,7-10H2,(H,51,52)(H,53,54)(H,55,56)(H,57,58). The number of piperidine rings is 2. The summed E-state index contributed by atoms with van der Waals surface area (Å²) in [5.41, 5.74) is -2.01. The zero-order valence-corrected chi connectivity index (χ0v) is 33.0. The number of carboxylic acid groups (broad SMARTS) is 4. The molecule has 2 aromatic rings. The fraction of sp³-hybridized carbons (Fsp3) is 0.500. The number of carbonyl (C=O) groups is 8. The molecule has 7 fully saturated rings. The fourth-order valence-corrected chi connectivity index (χ4v) is 14.9. The first kappa shape index (κ1) is 39.2. The van der Waals surface area contributed by atoms with E-state index >= 15 is 0 Å². The van der Waals surface area contributed by atoms with E-state index < -0.39 is 162 Å². The summed E-state index contributed by atoms with van der Waals surface area (Å²) in [5, 5.41) is 36.2. The summed E-state index contributed by atoms with van der Waals surface area (Å²) < 4.78 is 0. The number of carboxylic acids is 4. The van der Waals surface area contributed by atoms with E-state index in [2.05, 4.69) is 0 Å². The number of fused-ring (bicyclic) bond motifs is 2. The van der Waals surface area contributed by atoms with Crippen molar-refractivity contribution in [1.82, 2.24) is 0 Å². The maximum Gasteiger partial charge on any atom is 0.335 e. The van der Waals surface area contributed by atoms with Crippen molar-refractivity contribution in [2.24, 2.45) is 71.0 Å². The van der Waals surface area contributed by atoms with Crippen LogP contribution in [0.3, 0.4) is 0 Å². The zero-order chi connectivity index (χ0) is 41.5. The number of hydrogen-bond acceptors (Lipinski definition) is 8. The van der Waals surface area contributed by atoms with E-state index in [1.54, 1.807) is 0 Å². The van der Waals surface area contributed by atoms with Gasteiger partial charge in [0.15, 0.2) is 0 Å². The summed E-state index contributed by atoms with van der Waals surface area (Å²) in [4.78, 5) is 108. The molecule has 12 atom stereocenters. The zero-order valence-electron chi connectivity index (χ0n) is 30.0. The first-order chi connectivity index (χ1) is 27.4. The molecule has 5 saturated carbocycles. The number of imide groups is 2. The SMILES string of the molecule is O=C(O)c1cc(C(=O)O)cc(N2C(=O)C3CC(Cl)C4C5C(Cl)CC6C(=O)N(c7cc(C(=O)O)cc(C(=O)O)c7)C(=O)C7CC(Cl)C(C8C(Cl)CC(C2=O)C3C48)C5C67)c1. The minimum Gasteiger partial charge on any atom is -0.478 e.